The highest BCUT2D eigenvalue weighted by Crippen LogP contribution is 2.23. The summed E-state index contributed by atoms with van der Waals surface area (Å²) in [6.07, 6.45) is 1.55. The van der Waals surface area contributed by atoms with Crippen molar-refractivity contribution in [3.63, 3.8) is 0 Å². The minimum absolute atomic E-state index is 0.158. The van der Waals surface area contributed by atoms with Crippen LogP contribution in [0.3, 0.4) is 0 Å². The number of amides is 2. The quantitative estimate of drug-likeness (QED) is 0.602. The Balaban J connectivity index is 1.59. The Morgan fingerprint density at radius 3 is 2.67 bits per heavy atom. The van der Waals surface area contributed by atoms with E-state index >= 15 is 0 Å². The molecule has 0 atom stereocenters. The summed E-state index contributed by atoms with van der Waals surface area (Å²) in [4.78, 5) is 25.2. The van der Waals surface area contributed by atoms with E-state index in [-0.39, 0.29) is 17.6 Å². The number of anilines is 1. The highest BCUT2D eigenvalue weighted by molar-refractivity contribution is 8.00. The molecule has 0 aliphatic heterocycles. The molecule has 2 N–H and O–H groups in total. The average molecular weight is 384 g/mol. The lowest BCUT2D eigenvalue weighted by Gasteiger charge is -2.10. The van der Waals surface area contributed by atoms with Crippen molar-refractivity contribution in [1.29, 1.82) is 0 Å². The molecule has 0 fully saturated rings. The fourth-order valence-electron chi connectivity index (χ4n) is 2.34. The van der Waals surface area contributed by atoms with Crippen LogP contribution in [0.15, 0.2) is 76.2 Å². The molecule has 0 saturated carbocycles. The Labute approximate surface area is 160 Å². The molecule has 2 aromatic carbocycles. The predicted octanol–water partition coefficient (Wildman–Crippen LogP) is 4.08. The predicted molar refractivity (Wildman–Crippen MR) is 102 cm³/mol. The number of thioether (sulfide) groups is 1. The molecule has 2 amide bonds. The van der Waals surface area contributed by atoms with Crippen LogP contribution in [0, 0.1) is 5.82 Å². The molecule has 0 saturated heterocycles. The Hall–Kier alpha value is -3.06. The molecule has 0 unspecified atom stereocenters. The van der Waals surface area contributed by atoms with Crippen LogP contribution in [0.25, 0.3) is 0 Å². The van der Waals surface area contributed by atoms with Gasteiger partial charge >= 0.3 is 0 Å². The molecule has 0 spiro atoms. The number of benzene rings is 2. The van der Waals surface area contributed by atoms with E-state index in [1.165, 1.54) is 30.0 Å². The highest BCUT2D eigenvalue weighted by Gasteiger charge is 2.13. The fourth-order valence-corrected chi connectivity index (χ4v) is 3.22. The summed E-state index contributed by atoms with van der Waals surface area (Å²) < 4.78 is 18.4. The van der Waals surface area contributed by atoms with Gasteiger partial charge in [-0.2, -0.15) is 0 Å². The second-order valence-electron chi connectivity index (χ2n) is 5.61. The van der Waals surface area contributed by atoms with Gasteiger partial charge in [0.05, 0.1) is 24.1 Å². The molecule has 27 heavy (non-hydrogen) atoms. The molecule has 3 aromatic rings. The number of halogens is 1. The Bertz CT molecular complexity index is 928. The van der Waals surface area contributed by atoms with Gasteiger partial charge in [0.2, 0.25) is 5.91 Å². The molecular weight excluding hydrogens is 367 g/mol. The van der Waals surface area contributed by atoms with Gasteiger partial charge in [0.15, 0.2) is 0 Å². The summed E-state index contributed by atoms with van der Waals surface area (Å²) in [7, 11) is 0. The van der Waals surface area contributed by atoms with Gasteiger partial charge < -0.3 is 15.1 Å². The lowest BCUT2D eigenvalue weighted by Crippen LogP contribution is -2.24. The molecule has 5 nitrogen and oxygen atoms in total. The molecule has 7 heteroatoms. The number of hydrogen-bond acceptors (Lipinski definition) is 4. The molecule has 0 aliphatic carbocycles. The van der Waals surface area contributed by atoms with Gasteiger partial charge in [-0.25, -0.2) is 4.39 Å². The monoisotopic (exact) mass is 384 g/mol. The molecule has 1 heterocycles. The van der Waals surface area contributed by atoms with Crippen molar-refractivity contribution in [1.82, 2.24) is 5.32 Å². The molecule has 3 rings (SSSR count). The normalized spacial score (nSPS) is 10.4. The van der Waals surface area contributed by atoms with Gasteiger partial charge in [-0.15, -0.1) is 11.8 Å². The van der Waals surface area contributed by atoms with E-state index in [9.17, 15) is 14.0 Å². The van der Waals surface area contributed by atoms with Crippen LogP contribution in [0.5, 0.6) is 0 Å². The van der Waals surface area contributed by atoms with Gasteiger partial charge in [0, 0.05) is 10.6 Å². The van der Waals surface area contributed by atoms with Crippen molar-refractivity contribution < 1.29 is 18.4 Å². The van der Waals surface area contributed by atoms with Gasteiger partial charge in [-0.3, -0.25) is 9.59 Å². The van der Waals surface area contributed by atoms with Gasteiger partial charge in [0.25, 0.3) is 5.91 Å². The average Bonchev–Trinajstić information content (AvgIpc) is 3.18. The van der Waals surface area contributed by atoms with Crippen LogP contribution in [-0.2, 0) is 11.3 Å². The molecule has 0 aliphatic rings. The third kappa shape index (κ3) is 5.46. The Kier molecular flexibility index (Phi) is 6.27. The SMILES string of the molecule is O=C(CSc1ccccc1C(=O)Nc1cccc(F)c1)NCc1ccco1. The summed E-state index contributed by atoms with van der Waals surface area (Å²) in [5, 5.41) is 5.42. The number of carbonyl (C=O) groups excluding carboxylic acids is 2. The largest absolute Gasteiger partial charge is 0.467 e. The van der Waals surface area contributed by atoms with Gasteiger partial charge in [-0.1, -0.05) is 18.2 Å². The van der Waals surface area contributed by atoms with Crippen LogP contribution in [0.2, 0.25) is 0 Å². The third-order valence-electron chi connectivity index (χ3n) is 3.61. The van der Waals surface area contributed by atoms with E-state index in [4.69, 9.17) is 4.42 Å². The maximum atomic E-state index is 13.3. The van der Waals surface area contributed by atoms with Gasteiger partial charge in [0.1, 0.15) is 11.6 Å². The second kappa shape index (κ2) is 9.05. The lowest BCUT2D eigenvalue weighted by atomic mass is 10.2. The standard InChI is InChI=1S/C20H17FN2O3S/c21-14-5-3-6-15(11-14)23-20(25)17-8-1-2-9-18(17)27-13-19(24)22-12-16-7-4-10-26-16/h1-11H,12-13H2,(H,22,24)(H,23,25). The van der Waals surface area contributed by atoms with E-state index in [1.807, 2.05) is 0 Å². The topological polar surface area (TPSA) is 71.3 Å². The minimum atomic E-state index is -0.427. The van der Waals surface area contributed by atoms with Gasteiger partial charge in [-0.05, 0) is 42.5 Å². The van der Waals surface area contributed by atoms with E-state index in [2.05, 4.69) is 10.6 Å². The molecule has 0 bridgehead atoms. The summed E-state index contributed by atoms with van der Waals surface area (Å²) in [6, 6.07) is 16.2. The van der Waals surface area contributed by atoms with E-state index in [0.29, 0.717) is 28.5 Å². The summed E-state index contributed by atoms with van der Waals surface area (Å²) in [5.74, 6) is -0.131. The van der Waals surface area contributed by atoms with Crippen molar-refractivity contribution in [2.75, 3.05) is 11.1 Å². The smallest absolute Gasteiger partial charge is 0.256 e. The molecule has 0 radical (unpaired) electrons. The van der Waals surface area contributed by atoms with Crippen molar-refractivity contribution in [3.05, 3.63) is 84.1 Å². The first-order valence-corrected chi connectivity index (χ1v) is 9.18. The summed E-state index contributed by atoms with van der Waals surface area (Å²) in [5.41, 5.74) is 0.793. The Morgan fingerprint density at radius 1 is 1.04 bits per heavy atom. The van der Waals surface area contributed by atoms with Crippen molar-refractivity contribution in [2.45, 2.75) is 11.4 Å². The summed E-state index contributed by atoms with van der Waals surface area (Å²) >= 11 is 1.26. The van der Waals surface area contributed by atoms with Crippen LogP contribution >= 0.6 is 11.8 Å². The maximum absolute atomic E-state index is 13.3. The van der Waals surface area contributed by atoms with E-state index in [1.54, 1.807) is 48.7 Å². The van der Waals surface area contributed by atoms with E-state index in [0.717, 1.165) is 0 Å². The highest BCUT2D eigenvalue weighted by atomic mass is 32.2. The number of carbonyl (C=O) groups is 2. The first-order chi connectivity index (χ1) is 13.1. The second-order valence-corrected chi connectivity index (χ2v) is 6.62. The first-order valence-electron chi connectivity index (χ1n) is 8.19. The van der Waals surface area contributed by atoms with Crippen LogP contribution < -0.4 is 10.6 Å². The van der Waals surface area contributed by atoms with Crippen LogP contribution in [0.4, 0.5) is 10.1 Å². The third-order valence-corrected chi connectivity index (χ3v) is 4.69. The van der Waals surface area contributed by atoms with Crippen molar-refractivity contribution in [2.24, 2.45) is 0 Å². The minimum Gasteiger partial charge on any atom is -0.467 e. The maximum Gasteiger partial charge on any atom is 0.256 e. The molecular formula is C20H17FN2O3S. The number of hydrogen-bond donors (Lipinski definition) is 2. The molecule has 138 valence electrons. The fraction of sp³-hybridized carbons (Fsp3) is 0.100. The summed E-state index contributed by atoms with van der Waals surface area (Å²) in [6.45, 7) is 0.314. The zero-order valence-corrected chi connectivity index (χ0v) is 15.1. The van der Waals surface area contributed by atoms with Crippen molar-refractivity contribution >= 4 is 29.3 Å². The molecule has 1 aromatic heterocycles. The number of rotatable bonds is 7. The van der Waals surface area contributed by atoms with Crippen LogP contribution in [0.1, 0.15) is 16.1 Å². The van der Waals surface area contributed by atoms with E-state index < -0.39 is 5.82 Å². The van der Waals surface area contributed by atoms with Crippen LogP contribution in [-0.4, -0.2) is 17.6 Å². The Morgan fingerprint density at radius 2 is 1.89 bits per heavy atom. The zero-order chi connectivity index (χ0) is 19.1. The zero-order valence-electron chi connectivity index (χ0n) is 14.3. The lowest BCUT2D eigenvalue weighted by molar-refractivity contribution is -0.118. The van der Waals surface area contributed by atoms with Crippen molar-refractivity contribution in [3.8, 4) is 0 Å². The number of nitrogens with one attached hydrogen (secondary N) is 2. The number of furan rings is 1. The first kappa shape index (κ1) is 18.7.